The van der Waals surface area contributed by atoms with E-state index < -0.39 is 17.7 Å². The molecular formula is C27H34N2O3. The molecule has 0 saturated carbocycles. The molecule has 3 rings (SSSR count). The van der Waals surface area contributed by atoms with Gasteiger partial charge in [0.2, 0.25) is 0 Å². The molecule has 170 valence electrons. The number of rotatable bonds is 6. The van der Waals surface area contributed by atoms with Gasteiger partial charge in [0, 0.05) is 31.9 Å². The van der Waals surface area contributed by atoms with E-state index >= 15 is 0 Å². The summed E-state index contributed by atoms with van der Waals surface area (Å²) in [6, 6.07) is 14.9. The second kappa shape index (κ2) is 8.81. The van der Waals surface area contributed by atoms with E-state index in [1.54, 1.807) is 4.90 Å². The Balaban J connectivity index is 2.11. The van der Waals surface area contributed by atoms with Crippen molar-refractivity contribution in [2.45, 2.75) is 52.5 Å². The van der Waals surface area contributed by atoms with Crippen LogP contribution in [0, 0.1) is 5.92 Å². The van der Waals surface area contributed by atoms with Crippen LogP contribution < -0.4 is 9.80 Å². The lowest BCUT2D eigenvalue weighted by atomic mass is 9.87. The molecule has 1 atom stereocenters. The van der Waals surface area contributed by atoms with Gasteiger partial charge >= 0.3 is 0 Å². The first-order chi connectivity index (χ1) is 14.9. The van der Waals surface area contributed by atoms with Gasteiger partial charge in [0.05, 0.1) is 11.6 Å². The van der Waals surface area contributed by atoms with E-state index in [1.807, 2.05) is 81.4 Å². The molecule has 32 heavy (non-hydrogen) atoms. The Morgan fingerprint density at radius 3 is 2.06 bits per heavy atom. The molecule has 0 saturated heterocycles. The Morgan fingerprint density at radius 2 is 1.59 bits per heavy atom. The molecule has 1 N–H and O–H groups in total. The minimum Gasteiger partial charge on any atom is -0.503 e. The normalized spacial score (nSPS) is 16.8. The molecule has 1 aliphatic rings. The third-order valence-corrected chi connectivity index (χ3v) is 5.84. The fraction of sp³-hybridized carbons (Fsp3) is 0.407. The SMILES string of the molecule is CC(C)CC(=O)C1=C(O)C(=O)N(c2ccc(C(C)(C)C)cc2)C1c1ccc(N(C)C)cc1. The maximum atomic E-state index is 13.2. The van der Waals surface area contributed by atoms with E-state index in [4.69, 9.17) is 0 Å². The third kappa shape index (κ3) is 4.57. The molecule has 0 spiro atoms. The maximum Gasteiger partial charge on any atom is 0.294 e. The predicted octanol–water partition coefficient (Wildman–Crippen LogP) is 5.57. The number of ketones is 1. The van der Waals surface area contributed by atoms with Crippen LogP contribution in [0.4, 0.5) is 11.4 Å². The number of amides is 1. The van der Waals surface area contributed by atoms with E-state index in [9.17, 15) is 14.7 Å². The van der Waals surface area contributed by atoms with Gasteiger partial charge in [0.25, 0.3) is 5.91 Å². The summed E-state index contributed by atoms with van der Waals surface area (Å²) in [6.07, 6.45) is 0.274. The molecule has 0 aromatic heterocycles. The number of carbonyl (C=O) groups is 2. The summed E-state index contributed by atoms with van der Waals surface area (Å²) in [6.45, 7) is 10.3. The number of hydrogen-bond acceptors (Lipinski definition) is 4. The zero-order valence-electron chi connectivity index (χ0n) is 20.1. The molecule has 0 bridgehead atoms. The third-order valence-electron chi connectivity index (χ3n) is 5.84. The molecular weight excluding hydrogens is 400 g/mol. The van der Waals surface area contributed by atoms with Crippen molar-refractivity contribution in [3.63, 3.8) is 0 Å². The first-order valence-electron chi connectivity index (χ1n) is 11.1. The number of hydrogen-bond donors (Lipinski definition) is 1. The molecule has 0 fully saturated rings. The summed E-state index contributed by atoms with van der Waals surface area (Å²) >= 11 is 0. The van der Waals surface area contributed by atoms with Gasteiger partial charge in [-0.2, -0.15) is 0 Å². The van der Waals surface area contributed by atoms with Gasteiger partial charge in [-0.1, -0.05) is 58.9 Å². The van der Waals surface area contributed by atoms with E-state index in [0.717, 1.165) is 16.8 Å². The lowest BCUT2D eigenvalue weighted by molar-refractivity contribution is -0.118. The van der Waals surface area contributed by atoms with Gasteiger partial charge in [-0.25, -0.2) is 0 Å². The molecule has 2 aromatic rings. The van der Waals surface area contributed by atoms with Crippen LogP contribution in [-0.2, 0) is 15.0 Å². The van der Waals surface area contributed by atoms with Gasteiger partial charge in [-0.3, -0.25) is 14.5 Å². The van der Waals surface area contributed by atoms with Crippen LogP contribution in [0.15, 0.2) is 59.9 Å². The largest absolute Gasteiger partial charge is 0.503 e. The molecule has 1 unspecified atom stereocenters. The van der Waals surface area contributed by atoms with E-state index in [0.29, 0.717) is 5.69 Å². The first-order valence-corrected chi connectivity index (χ1v) is 11.1. The Hall–Kier alpha value is -3.08. The number of benzene rings is 2. The highest BCUT2D eigenvalue weighted by atomic mass is 16.3. The van der Waals surface area contributed by atoms with Crippen molar-refractivity contribution in [3.05, 3.63) is 71.0 Å². The first kappa shape index (κ1) is 23.6. The minimum atomic E-state index is -0.662. The van der Waals surface area contributed by atoms with Crippen molar-refractivity contribution < 1.29 is 14.7 Å². The Bertz CT molecular complexity index is 1030. The van der Waals surface area contributed by atoms with Crippen molar-refractivity contribution in [2.24, 2.45) is 5.92 Å². The molecule has 2 aromatic carbocycles. The van der Waals surface area contributed by atoms with Crippen molar-refractivity contribution in [3.8, 4) is 0 Å². The van der Waals surface area contributed by atoms with Gasteiger partial charge < -0.3 is 10.0 Å². The second-order valence-electron chi connectivity index (χ2n) is 10.1. The molecule has 0 radical (unpaired) electrons. The number of carbonyl (C=O) groups excluding carboxylic acids is 2. The zero-order chi connectivity index (χ0) is 23.8. The number of aliphatic hydroxyl groups is 1. The molecule has 1 heterocycles. The lowest BCUT2D eigenvalue weighted by Crippen LogP contribution is -2.31. The zero-order valence-corrected chi connectivity index (χ0v) is 20.1. The highest BCUT2D eigenvalue weighted by Gasteiger charge is 2.44. The van der Waals surface area contributed by atoms with Crippen molar-refractivity contribution in [2.75, 3.05) is 23.9 Å². The molecule has 0 aliphatic carbocycles. The minimum absolute atomic E-state index is 0.0201. The number of Topliss-reactive ketones (excluding diaryl/α,β-unsaturated/α-hetero) is 1. The number of nitrogens with zero attached hydrogens (tertiary/aromatic N) is 2. The summed E-state index contributed by atoms with van der Waals surface area (Å²) in [4.78, 5) is 29.9. The van der Waals surface area contributed by atoms with Gasteiger partial charge in [0.15, 0.2) is 11.5 Å². The standard InChI is InChI=1S/C27H34N2O3/c1-17(2)16-22(30)23-24(18-8-12-20(13-9-18)28(6)7)29(26(32)25(23)31)21-14-10-19(11-15-21)27(3,4)5/h8-15,17,24,31H,16H2,1-7H3. The summed E-state index contributed by atoms with van der Waals surface area (Å²) in [7, 11) is 3.92. The Kier molecular flexibility index (Phi) is 6.49. The maximum absolute atomic E-state index is 13.2. The number of aliphatic hydroxyl groups excluding tert-OH is 1. The highest BCUT2D eigenvalue weighted by Crippen LogP contribution is 2.42. The van der Waals surface area contributed by atoms with Crippen LogP contribution in [0.1, 0.15) is 58.2 Å². The molecule has 1 aliphatic heterocycles. The summed E-state index contributed by atoms with van der Waals surface area (Å²) < 4.78 is 0. The summed E-state index contributed by atoms with van der Waals surface area (Å²) in [5.74, 6) is -1.06. The van der Waals surface area contributed by atoms with Crippen molar-refractivity contribution in [1.29, 1.82) is 0 Å². The lowest BCUT2D eigenvalue weighted by Gasteiger charge is -2.28. The van der Waals surface area contributed by atoms with Gasteiger partial charge in [-0.15, -0.1) is 0 Å². The number of anilines is 2. The summed E-state index contributed by atoms with van der Waals surface area (Å²) in [5.41, 5.74) is 3.77. The van der Waals surface area contributed by atoms with E-state index in [-0.39, 0.29) is 29.1 Å². The fourth-order valence-electron chi connectivity index (χ4n) is 4.03. The van der Waals surface area contributed by atoms with Gasteiger partial charge in [0.1, 0.15) is 0 Å². The average Bonchev–Trinajstić information content (AvgIpc) is 2.98. The molecule has 5 heteroatoms. The Labute approximate surface area is 191 Å². The fourth-order valence-corrected chi connectivity index (χ4v) is 4.03. The average molecular weight is 435 g/mol. The van der Waals surface area contributed by atoms with Crippen LogP contribution >= 0.6 is 0 Å². The van der Waals surface area contributed by atoms with Crippen LogP contribution in [0.2, 0.25) is 0 Å². The monoisotopic (exact) mass is 434 g/mol. The topological polar surface area (TPSA) is 60.9 Å². The Morgan fingerprint density at radius 1 is 1.03 bits per heavy atom. The molecule has 5 nitrogen and oxygen atoms in total. The predicted molar refractivity (Wildman–Crippen MR) is 130 cm³/mol. The summed E-state index contributed by atoms with van der Waals surface area (Å²) in [5, 5.41) is 10.8. The smallest absolute Gasteiger partial charge is 0.294 e. The van der Waals surface area contributed by atoms with Gasteiger partial charge in [-0.05, 0) is 46.7 Å². The van der Waals surface area contributed by atoms with E-state index in [1.165, 1.54) is 0 Å². The quantitative estimate of drug-likeness (QED) is 0.646. The van der Waals surface area contributed by atoms with Crippen molar-refractivity contribution in [1.82, 2.24) is 0 Å². The second-order valence-corrected chi connectivity index (χ2v) is 10.1. The van der Waals surface area contributed by atoms with Crippen LogP contribution in [0.25, 0.3) is 0 Å². The highest BCUT2D eigenvalue weighted by molar-refractivity contribution is 6.16. The van der Waals surface area contributed by atoms with Crippen LogP contribution in [-0.4, -0.2) is 30.9 Å². The van der Waals surface area contributed by atoms with Crippen LogP contribution in [0.3, 0.4) is 0 Å². The molecule has 1 amide bonds. The van der Waals surface area contributed by atoms with Crippen LogP contribution in [0.5, 0.6) is 0 Å². The van der Waals surface area contributed by atoms with E-state index in [2.05, 4.69) is 20.8 Å². The van der Waals surface area contributed by atoms with Crippen molar-refractivity contribution >= 4 is 23.1 Å².